The van der Waals surface area contributed by atoms with Gasteiger partial charge in [-0.15, -0.1) is 0 Å². The number of thiocarbonyl (C=S) groups is 1. The summed E-state index contributed by atoms with van der Waals surface area (Å²) >= 11 is 12.0. The van der Waals surface area contributed by atoms with Crippen LogP contribution in [0.1, 0.15) is 47.2 Å². The monoisotopic (exact) mass is 482 g/mol. The van der Waals surface area contributed by atoms with E-state index in [4.69, 9.17) is 28.6 Å². The third-order valence-electron chi connectivity index (χ3n) is 6.17. The third-order valence-corrected chi connectivity index (χ3v) is 6.76. The Labute approximate surface area is 204 Å². The van der Waals surface area contributed by atoms with E-state index >= 15 is 0 Å². The van der Waals surface area contributed by atoms with Crippen molar-refractivity contribution in [1.29, 1.82) is 0 Å². The van der Waals surface area contributed by atoms with Crippen LogP contribution in [0.4, 0.5) is 0 Å². The maximum atomic E-state index is 12.5. The Hall–Kier alpha value is -2.90. The van der Waals surface area contributed by atoms with E-state index in [-0.39, 0.29) is 24.6 Å². The highest BCUT2D eigenvalue weighted by molar-refractivity contribution is 7.80. The molecular weight excluding hydrogens is 456 g/mol. The number of carbonyl (C=O) groups excluding carboxylic acids is 1. The predicted molar refractivity (Wildman–Crippen MR) is 134 cm³/mol. The van der Waals surface area contributed by atoms with Gasteiger partial charge in [0.25, 0.3) is 0 Å². The molecule has 33 heavy (non-hydrogen) atoms. The van der Waals surface area contributed by atoms with Gasteiger partial charge in [-0.2, -0.15) is 0 Å². The van der Waals surface area contributed by atoms with Crippen molar-refractivity contribution in [3.05, 3.63) is 81.9 Å². The van der Waals surface area contributed by atoms with E-state index in [1.54, 1.807) is 13.1 Å². The molecule has 172 valence electrons. The number of esters is 1. The Morgan fingerprint density at radius 3 is 2.64 bits per heavy atom. The van der Waals surface area contributed by atoms with Gasteiger partial charge in [0, 0.05) is 33.9 Å². The largest absolute Gasteiger partial charge is 0.465 e. The number of hydrogen-bond acceptors (Lipinski definition) is 4. The Kier molecular flexibility index (Phi) is 6.72. The molecule has 3 aromatic rings. The molecule has 2 aromatic heterocycles. The van der Waals surface area contributed by atoms with E-state index < -0.39 is 0 Å². The van der Waals surface area contributed by atoms with Crippen LogP contribution in [0.5, 0.6) is 0 Å². The van der Waals surface area contributed by atoms with Crippen LogP contribution in [0.3, 0.4) is 0 Å². The van der Waals surface area contributed by atoms with E-state index in [1.165, 1.54) is 0 Å². The first-order valence-electron chi connectivity index (χ1n) is 10.9. The van der Waals surface area contributed by atoms with Crippen molar-refractivity contribution in [3.63, 3.8) is 0 Å². The van der Waals surface area contributed by atoms with Crippen LogP contribution in [0.2, 0.25) is 5.02 Å². The van der Waals surface area contributed by atoms with Crippen LogP contribution < -0.4 is 5.32 Å². The Bertz CT molecular complexity index is 1190. The standard InChI is InChI=1S/C25H27ClN4O2S/c1-5-32-21(31)14-29-24(23(28-25(29)33)20-11-6-7-12-27-20)22-15(2)16(3)30(17(22)4)19-10-8-9-18(26)13-19/h6-13,23-24H,5,14H2,1-4H3,(H,28,33)/t23-,24-/m1/s1. The number of halogens is 1. The molecule has 3 heterocycles. The number of pyridine rings is 1. The quantitative estimate of drug-likeness (QED) is 0.394. The summed E-state index contributed by atoms with van der Waals surface area (Å²) in [6, 6.07) is 13.2. The lowest BCUT2D eigenvalue weighted by atomic mass is 9.93. The lowest BCUT2D eigenvalue weighted by molar-refractivity contribution is -0.143. The first kappa shape index (κ1) is 23.3. The zero-order chi connectivity index (χ0) is 23.7. The summed E-state index contributed by atoms with van der Waals surface area (Å²) in [6.07, 6.45) is 1.77. The lowest BCUT2D eigenvalue weighted by Crippen LogP contribution is -2.35. The molecule has 1 N–H and O–H groups in total. The summed E-state index contributed by atoms with van der Waals surface area (Å²) in [5.41, 5.74) is 6.28. The topological polar surface area (TPSA) is 59.4 Å². The Morgan fingerprint density at radius 2 is 1.97 bits per heavy atom. The number of aromatic nitrogens is 2. The molecule has 0 saturated carbocycles. The van der Waals surface area contributed by atoms with Crippen LogP contribution in [-0.4, -0.2) is 38.7 Å². The normalized spacial score (nSPS) is 17.8. The number of nitrogens with zero attached hydrogens (tertiary/aromatic N) is 3. The lowest BCUT2D eigenvalue weighted by Gasteiger charge is -2.28. The number of ether oxygens (including phenoxy) is 1. The summed E-state index contributed by atoms with van der Waals surface area (Å²) in [5, 5.41) is 4.59. The molecule has 0 radical (unpaired) electrons. The minimum absolute atomic E-state index is 0.0634. The summed E-state index contributed by atoms with van der Waals surface area (Å²) in [7, 11) is 0. The van der Waals surface area contributed by atoms with Crippen LogP contribution in [0.15, 0.2) is 48.7 Å². The molecule has 1 aliphatic heterocycles. The van der Waals surface area contributed by atoms with E-state index in [1.807, 2.05) is 47.4 Å². The molecule has 4 rings (SSSR count). The SMILES string of the molecule is CCOC(=O)CN1C(=S)N[C@H](c2ccccn2)[C@H]1c1c(C)c(C)n(-c2cccc(Cl)c2)c1C. The zero-order valence-electron chi connectivity index (χ0n) is 19.1. The fraction of sp³-hybridized carbons (Fsp3) is 0.320. The number of hydrogen-bond donors (Lipinski definition) is 1. The minimum atomic E-state index is -0.311. The molecule has 1 aliphatic rings. The summed E-state index contributed by atoms with van der Waals surface area (Å²) in [5.74, 6) is -0.311. The summed E-state index contributed by atoms with van der Waals surface area (Å²) in [6.45, 7) is 8.49. The maximum absolute atomic E-state index is 12.5. The smallest absolute Gasteiger partial charge is 0.325 e. The van der Waals surface area contributed by atoms with Gasteiger partial charge >= 0.3 is 5.97 Å². The molecule has 1 saturated heterocycles. The van der Waals surface area contributed by atoms with Crippen LogP contribution in [0.25, 0.3) is 5.69 Å². The van der Waals surface area contributed by atoms with E-state index in [0.29, 0.717) is 16.7 Å². The molecule has 1 fully saturated rings. The van der Waals surface area contributed by atoms with Crippen LogP contribution >= 0.6 is 23.8 Å². The second kappa shape index (κ2) is 9.53. The molecular formula is C25H27ClN4O2S. The summed E-state index contributed by atoms with van der Waals surface area (Å²) in [4.78, 5) is 19.0. The minimum Gasteiger partial charge on any atom is -0.465 e. The highest BCUT2D eigenvalue weighted by Gasteiger charge is 2.43. The second-order valence-electron chi connectivity index (χ2n) is 8.08. The van der Waals surface area contributed by atoms with Gasteiger partial charge in [-0.05, 0) is 75.8 Å². The van der Waals surface area contributed by atoms with Gasteiger partial charge < -0.3 is 19.5 Å². The summed E-state index contributed by atoms with van der Waals surface area (Å²) < 4.78 is 7.45. The van der Waals surface area contributed by atoms with Gasteiger partial charge in [0.2, 0.25) is 0 Å². The van der Waals surface area contributed by atoms with Gasteiger partial charge in [0.1, 0.15) is 6.54 Å². The van der Waals surface area contributed by atoms with Crippen molar-refractivity contribution in [2.45, 2.75) is 39.8 Å². The number of rotatable bonds is 6. The first-order chi connectivity index (χ1) is 15.8. The van der Waals surface area contributed by atoms with Gasteiger partial charge in [0.05, 0.1) is 24.4 Å². The zero-order valence-corrected chi connectivity index (χ0v) is 20.7. The van der Waals surface area contributed by atoms with Crippen molar-refractivity contribution < 1.29 is 9.53 Å². The fourth-order valence-electron chi connectivity index (χ4n) is 4.68. The predicted octanol–water partition coefficient (Wildman–Crippen LogP) is 4.99. The van der Waals surface area contributed by atoms with E-state index in [2.05, 4.69) is 35.6 Å². The average molecular weight is 483 g/mol. The third kappa shape index (κ3) is 4.35. The van der Waals surface area contributed by atoms with Gasteiger partial charge in [-0.25, -0.2) is 0 Å². The molecule has 0 amide bonds. The molecule has 0 bridgehead atoms. The van der Waals surface area contributed by atoms with E-state index in [9.17, 15) is 4.79 Å². The molecule has 8 heteroatoms. The van der Waals surface area contributed by atoms with Crippen molar-refractivity contribution in [2.24, 2.45) is 0 Å². The Morgan fingerprint density at radius 1 is 1.18 bits per heavy atom. The van der Waals surface area contributed by atoms with Crippen LogP contribution in [-0.2, 0) is 9.53 Å². The number of benzene rings is 1. The molecule has 0 aliphatic carbocycles. The molecule has 6 nitrogen and oxygen atoms in total. The highest BCUT2D eigenvalue weighted by atomic mass is 35.5. The van der Waals surface area contributed by atoms with Crippen molar-refractivity contribution in [2.75, 3.05) is 13.2 Å². The molecule has 1 aromatic carbocycles. The molecule has 0 spiro atoms. The highest BCUT2D eigenvalue weighted by Crippen LogP contribution is 2.43. The van der Waals surface area contributed by atoms with Crippen LogP contribution in [0, 0.1) is 20.8 Å². The van der Waals surface area contributed by atoms with Gasteiger partial charge in [-0.1, -0.05) is 23.7 Å². The second-order valence-corrected chi connectivity index (χ2v) is 8.91. The van der Waals surface area contributed by atoms with E-state index in [0.717, 1.165) is 33.9 Å². The van der Waals surface area contributed by atoms with Gasteiger partial charge in [-0.3, -0.25) is 9.78 Å². The molecule has 2 atom stereocenters. The number of carbonyl (C=O) groups is 1. The van der Waals surface area contributed by atoms with Crippen molar-refractivity contribution in [3.8, 4) is 5.69 Å². The first-order valence-corrected chi connectivity index (χ1v) is 11.7. The fourth-order valence-corrected chi connectivity index (χ4v) is 5.17. The van der Waals surface area contributed by atoms with Crippen molar-refractivity contribution in [1.82, 2.24) is 19.8 Å². The van der Waals surface area contributed by atoms with Gasteiger partial charge in [0.15, 0.2) is 5.11 Å². The molecule has 0 unspecified atom stereocenters. The number of nitrogens with one attached hydrogen (secondary N) is 1. The Balaban J connectivity index is 1.87. The maximum Gasteiger partial charge on any atom is 0.325 e. The average Bonchev–Trinajstić information content (AvgIpc) is 3.21. The van der Waals surface area contributed by atoms with Crippen molar-refractivity contribution >= 4 is 34.9 Å².